The molecule has 0 aliphatic heterocycles. The Balaban J connectivity index is 1.98. The highest BCUT2D eigenvalue weighted by Crippen LogP contribution is 2.44. The van der Waals surface area contributed by atoms with Crippen LogP contribution in [0.25, 0.3) is 0 Å². The van der Waals surface area contributed by atoms with Gasteiger partial charge in [-0.15, -0.1) is 0 Å². The van der Waals surface area contributed by atoms with E-state index in [0.717, 1.165) is 19.4 Å². The van der Waals surface area contributed by atoms with Gasteiger partial charge in [0, 0.05) is 17.9 Å². The van der Waals surface area contributed by atoms with E-state index in [1.54, 1.807) is 6.07 Å². The van der Waals surface area contributed by atoms with Crippen molar-refractivity contribution in [2.75, 3.05) is 6.54 Å². The van der Waals surface area contributed by atoms with E-state index in [1.165, 1.54) is 12.1 Å². The van der Waals surface area contributed by atoms with Gasteiger partial charge < -0.3 is 10.1 Å². The molecule has 2 rings (SSSR count). The molecule has 0 radical (unpaired) electrons. The van der Waals surface area contributed by atoms with Gasteiger partial charge >= 0.3 is 0 Å². The van der Waals surface area contributed by atoms with Crippen LogP contribution in [-0.4, -0.2) is 18.7 Å². The molecule has 1 aromatic rings. The third-order valence-corrected chi connectivity index (χ3v) is 4.60. The Hall–Kier alpha value is -0.610. The van der Waals surface area contributed by atoms with Crippen LogP contribution < -0.4 is 10.1 Å². The van der Waals surface area contributed by atoms with E-state index in [9.17, 15) is 4.39 Å². The van der Waals surface area contributed by atoms with Crippen LogP contribution in [0, 0.1) is 11.2 Å². The zero-order chi connectivity index (χ0) is 14.0. The number of rotatable bonds is 5. The van der Waals surface area contributed by atoms with E-state index in [0.29, 0.717) is 16.3 Å². The van der Waals surface area contributed by atoms with E-state index in [1.807, 2.05) is 0 Å². The molecule has 1 saturated carbocycles. The molecular formula is C15H21BrFNO. The fourth-order valence-corrected chi connectivity index (χ4v) is 2.92. The van der Waals surface area contributed by atoms with Crippen LogP contribution >= 0.6 is 15.9 Å². The third kappa shape index (κ3) is 3.11. The van der Waals surface area contributed by atoms with Gasteiger partial charge in [-0.2, -0.15) is 0 Å². The van der Waals surface area contributed by atoms with Crippen molar-refractivity contribution in [2.45, 2.75) is 45.8 Å². The Morgan fingerprint density at radius 1 is 1.47 bits per heavy atom. The zero-order valence-corrected chi connectivity index (χ0v) is 13.3. The lowest BCUT2D eigenvalue weighted by Crippen LogP contribution is -2.62. The van der Waals surface area contributed by atoms with Crippen molar-refractivity contribution in [3.05, 3.63) is 28.5 Å². The SMILES string of the molecule is CCCNC1CC(Oc2ccc(F)cc2Br)C1(C)C. The van der Waals surface area contributed by atoms with Crippen molar-refractivity contribution in [1.29, 1.82) is 0 Å². The number of hydrogen-bond donors (Lipinski definition) is 1. The average molecular weight is 330 g/mol. The first-order chi connectivity index (χ1) is 8.95. The molecule has 0 heterocycles. The second-order valence-electron chi connectivity index (χ2n) is 5.75. The van der Waals surface area contributed by atoms with Crippen LogP contribution in [0.2, 0.25) is 0 Å². The van der Waals surface area contributed by atoms with Gasteiger partial charge in [-0.1, -0.05) is 20.8 Å². The van der Waals surface area contributed by atoms with Gasteiger partial charge in [0.25, 0.3) is 0 Å². The van der Waals surface area contributed by atoms with Crippen LogP contribution in [0.5, 0.6) is 5.75 Å². The van der Waals surface area contributed by atoms with Crippen LogP contribution in [0.1, 0.15) is 33.6 Å². The van der Waals surface area contributed by atoms with E-state index < -0.39 is 0 Å². The molecule has 1 aliphatic carbocycles. The number of ether oxygens (including phenoxy) is 1. The molecule has 1 N–H and O–H groups in total. The standard InChI is InChI=1S/C15H21BrFNO/c1-4-7-18-13-9-14(15(13,2)3)19-12-6-5-10(17)8-11(12)16/h5-6,8,13-14,18H,4,7,9H2,1-3H3. The summed E-state index contributed by atoms with van der Waals surface area (Å²) >= 11 is 3.34. The van der Waals surface area contributed by atoms with E-state index >= 15 is 0 Å². The minimum atomic E-state index is -0.255. The predicted molar refractivity (Wildman–Crippen MR) is 79.0 cm³/mol. The fourth-order valence-electron chi connectivity index (χ4n) is 2.47. The quantitative estimate of drug-likeness (QED) is 0.876. The van der Waals surface area contributed by atoms with Crippen molar-refractivity contribution in [3.8, 4) is 5.75 Å². The van der Waals surface area contributed by atoms with Gasteiger partial charge in [-0.25, -0.2) is 4.39 Å². The molecule has 0 spiro atoms. The van der Waals surface area contributed by atoms with Crippen molar-refractivity contribution in [1.82, 2.24) is 5.32 Å². The van der Waals surface area contributed by atoms with Crippen molar-refractivity contribution < 1.29 is 9.13 Å². The summed E-state index contributed by atoms with van der Waals surface area (Å²) in [4.78, 5) is 0. The zero-order valence-electron chi connectivity index (χ0n) is 11.7. The molecule has 19 heavy (non-hydrogen) atoms. The first-order valence-electron chi connectivity index (χ1n) is 6.80. The molecule has 106 valence electrons. The topological polar surface area (TPSA) is 21.3 Å². The van der Waals surface area contributed by atoms with Gasteiger partial charge in [0.15, 0.2) is 0 Å². The summed E-state index contributed by atoms with van der Waals surface area (Å²) in [6.45, 7) is 7.64. The van der Waals surface area contributed by atoms with Crippen LogP contribution in [0.15, 0.2) is 22.7 Å². The van der Waals surface area contributed by atoms with Crippen LogP contribution in [-0.2, 0) is 0 Å². The molecule has 4 heteroatoms. The smallest absolute Gasteiger partial charge is 0.134 e. The number of benzene rings is 1. The Kier molecular flexibility index (Phi) is 4.51. The molecule has 0 aromatic heterocycles. The second kappa shape index (κ2) is 5.80. The van der Waals surface area contributed by atoms with Crippen molar-refractivity contribution >= 4 is 15.9 Å². The lowest BCUT2D eigenvalue weighted by atomic mass is 9.64. The van der Waals surface area contributed by atoms with Gasteiger partial charge in [0.05, 0.1) is 4.47 Å². The van der Waals surface area contributed by atoms with Gasteiger partial charge in [-0.05, 0) is 47.1 Å². The Morgan fingerprint density at radius 3 is 2.79 bits per heavy atom. The van der Waals surface area contributed by atoms with Crippen molar-refractivity contribution in [2.24, 2.45) is 5.41 Å². The third-order valence-electron chi connectivity index (χ3n) is 3.98. The molecule has 2 atom stereocenters. The normalized spacial score (nSPS) is 24.9. The highest BCUT2D eigenvalue weighted by Gasteiger charge is 2.49. The average Bonchev–Trinajstić information content (AvgIpc) is 2.35. The lowest BCUT2D eigenvalue weighted by Gasteiger charge is -2.51. The predicted octanol–water partition coefficient (Wildman–Crippen LogP) is 4.13. The largest absolute Gasteiger partial charge is 0.489 e. The number of hydrogen-bond acceptors (Lipinski definition) is 2. The van der Waals surface area contributed by atoms with Gasteiger partial charge in [-0.3, -0.25) is 0 Å². The first-order valence-corrected chi connectivity index (χ1v) is 7.59. The second-order valence-corrected chi connectivity index (χ2v) is 6.60. The summed E-state index contributed by atoms with van der Waals surface area (Å²) in [5.41, 5.74) is 0.100. The molecule has 1 fully saturated rings. The highest BCUT2D eigenvalue weighted by atomic mass is 79.9. The summed E-state index contributed by atoms with van der Waals surface area (Å²) in [6.07, 6.45) is 2.31. The maximum Gasteiger partial charge on any atom is 0.134 e. The summed E-state index contributed by atoms with van der Waals surface area (Å²) in [5.74, 6) is 0.461. The Bertz CT molecular complexity index is 450. The van der Waals surface area contributed by atoms with E-state index in [-0.39, 0.29) is 17.3 Å². The molecule has 1 aliphatic rings. The molecule has 2 unspecified atom stereocenters. The lowest BCUT2D eigenvalue weighted by molar-refractivity contribution is -0.0550. The van der Waals surface area contributed by atoms with E-state index in [4.69, 9.17) is 4.74 Å². The Morgan fingerprint density at radius 2 is 2.21 bits per heavy atom. The molecular weight excluding hydrogens is 309 g/mol. The maximum absolute atomic E-state index is 13.0. The van der Waals surface area contributed by atoms with Crippen molar-refractivity contribution in [3.63, 3.8) is 0 Å². The van der Waals surface area contributed by atoms with Gasteiger partial charge in [0.1, 0.15) is 17.7 Å². The fraction of sp³-hybridized carbons (Fsp3) is 0.600. The minimum Gasteiger partial charge on any atom is -0.489 e. The van der Waals surface area contributed by atoms with Crippen LogP contribution in [0.4, 0.5) is 4.39 Å². The molecule has 0 saturated heterocycles. The summed E-state index contributed by atoms with van der Waals surface area (Å²) in [6, 6.07) is 5.05. The van der Waals surface area contributed by atoms with E-state index in [2.05, 4.69) is 42.0 Å². The molecule has 0 amide bonds. The number of halogens is 2. The minimum absolute atomic E-state index is 0.100. The Labute approximate surface area is 122 Å². The van der Waals surface area contributed by atoms with Gasteiger partial charge in [0.2, 0.25) is 0 Å². The molecule has 1 aromatic carbocycles. The van der Waals surface area contributed by atoms with Crippen LogP contribution in [0.3, 0.4) is 0 Å². The summed E-state index contributed by atoms with van der Waals surface area (Å²) in [5, 5.41) is 3.55. The first kappa shape index (κ1) is 14.8. The summed E-state index contributed by atoms with van der Waals surface area (Å²) < 4.78 is 19.7. The molecule has 0 bridgehead atoms. The summed E-state index contributed by atoms with van der Waals surface area (Å²) in [7, 11) is 0. The maximum atomic E-state index is 13.0. The molecule has 2 nitrogen and oxygen atoms in total. The number of nitrogens with one attached hydrogen (secondary N) is 1. The highest BCUT2D eigenvalue weighted by molar-refractivity contribution is 9.10. The monoisotopic (exact) mass is 329 g/mol.